The molecule has 0 aliphatic heterocycles. The second-order valence-electron chi connectivity index (χ2n) is 16.3. The summed E-state index contributed by atoms with van der Waals surface area (Å²) in [6, 6.07) is 71.8. The largest absolute Gasteiger partial charge is 0.208 e. The minimum atomic E-state index is 0.138. The molecule has 9 aromatic rings. The lowest BCUT2D eigenvalue weighted by Gasteiger charge is -2.36. The Kier molecular flexibility index (Phi) is 9.08. The molecule has 286 valence electrons. The van der Waals surface area contributed by atoms with Gasteiger partial charge in [0.15, 0.2) is 17.5 Å². The van der Waals surface area contributed by atoms with Crippen LogP contribution in [0, 0.1) is 0 Å². The third-order valence-corrected chi connectivity index (χ3v) is 12.8. The van der Waals surface area contributed by atoms with Crippen LogP contribution in [0.4, 0.5) is 0 Å². The summed E-state index contributed by atoms with van der Waals surface area (Å²) in [5.41, 5.74) is 18.3. The van der Waals surface area contributed by atoms with E-state index in [1.54, 1.807) is 0 Å². The number of fused-ring (bicyclic) bond motifs is 5. The summed E-state index contributed by atoms with van der Waals surface area (Å²) in [6.07, 6.45) is 6.39. The molecule has 0 radical (unpaired) electrons. The highest BCUT2D eigenvalue weighted by Gasteiger charge is 2.43. The molecule has 11 rings (SSSR count). The van der Waals surface area contributed by atoms with Crippen LogP contribution in [0.25, 0.3) is 89.8 Å². The summed E-state index contributed by atoms with van der Waals surface area (Å²) in [5, 5.41) is 0. The van der Waals surface area contributed by atoms with Gasteiger partial charge in [0.25, 0.3) is 0 Å². The van der Waals surface area contributed by atoms with Crippen molar-refractivity contribution in [2.75, 3.05) is 0 Å². The molecular weight excluding hydrogens is 727 g/mol. The molecule has 0 amide bonds. The average molecular weight is 770 g/mol. The van der Waals surface area contributed by atoms with Gasteiger partial charge in [-0.2, -0.15) is 0 Å². The molecule has 1 heterocycles. The molecule has 0 bridgehead atoms. The fourth-order valence-corrected chi connectivity index (χ4v) is 9.69. The maximum Gasteiger partial charge on any atom is 0.164 e. The van der Waals surface area contributed by atoms with Crippen molar-refractivity contribution in [3.63, 3.8) is 0 Å². The predicted molar refractivity (Wildman–Crippen MR) is 247 cm³/mol. The van der Waals surface area contributed by atoms with Gasteiger partial charge in [0.05, 0.1) is 0 Å². The molecular formula is C57H43N3. The van der Waals surface area contributed by atoms with Crippen molar-refractivity contribution in [2.24, 2.45) is 0 Å². The Morgan fingerprint density at radius 1 is 0.267 bits per heavy atom. The molecule has 3 heteroatoms. The van der Waals surface area contributed by atoms with Gasteiger partial charge in [-0.05, 0) is 97.8 Å². The summed E-state index contributed by atoms with van der Waals surface area (Å²) in [4.78, 5) is 15.3. The normalized spacial score (nSPS) is 13.8. The van der Waals surface area contributed by atoms with Crippen LogP contribution >= 0.6 is 0 Å². The lowest BCUT2D eigenvalue weighted by atomic mass is 9.67. The molecule has 1 spiro atoms. The van der Waals surface area contributed by atoms with E-state index in [9.17, 15) is 0 Å². The summed E-state index contributed by atoms with van der Waals surface area (Å²) in [5.74, 6) is 1.93. The molecule has 2 aliphatic carbocycles. The number of hydrogen-bond donors (Lipinski definition) is 0. The van der Waals surface area contributed by atoms with E-state index >= 15 is 0 Å². The Morgan fingerprint density at radius 2 is 0.650 bits per heavy atom. The highest BCUT2D eigenvalue weighted by Crippen LogP contribution is 2.56. The van der Waals surface area contributed by atoms with Crippen LogP contribution in [0.5, 0.6) is 0 Å². The van der Waals surface area contributed by atoms with E-state index in [1.807, 2.05) is 12.1 Å². The second-order valence-corrected chi connectivity index (χ2v) is 16.3. The first-order valence-corrected chi connectivity index (χ1v) is 21.2. The Balaban J connectivity index is 0.938. The lowest BCUT2D eigenvalue weighted by Crippen LogP contribution is -2.28. The number of nitrogens with zero attached hydrogens (tertiary/aromatic N) is 3. The standard InChI is InChI=1S/C57H43N3/c1-4-14-39(15-5-1)41-24-28-43(29-25-41)54-58-55(60-56(59-54)49-21-13-19-46(37-49)40-16-6-2-7-17-40)44-30-26-42(27-31-44)45-18-12-20-47(36-45)48-32-33-51-50-22-8-9-23-52(50)57(53(51)38-48)34-10-3-11-35-57/h1-2,4-9,12-33,36-38H,3,10-11,34-35H2. The van der Waals surface area contributed by atoms with Gasteiger partial charge in [0.1, 0.15) is 0 Å². The van der Waals surface area contributed by atoms with Crippen LogP contribution in [-0.4, -0.2) is 15.0 Å². The first-order chi connectivity index (χ1) is 29.7. The van der Waals surface area contributed by atoms with Crippen molar-refractivity contribution in [2.45, 2.75) is 37.5 Å². The van der Waals surface area contributed by atoms with E-state index in [2.05, 4.69) is 188 Å². The molecule has 0 saturated heterocycles. The lowest BCUT2D eigenvalue weighted by molar-refractivity contribution is 0.353. The summed E-state index contributed by atoms with van der Waals surface area (Å²) in [7, 11) is 0. The number of aromatic nitrogens is 3. The van der Waals surface area contributed by atoms with Crippen molar-refractivity contribution in [3.8, 4) is 89.8 Å². The molecule has 0 atom stereocenters. The molecule has 3 nitrogen and oxygen atoms in total. The monoisotopic (exact) mass is 769 g/mol. The van der Waals surface area contributed by atoms with Gasteiger partial charge in [-0.3, -0.25) is 0 Å². The average Bonchev–Trinajstić information content (AvgIpc) is 3.60. The zero-order valence-corrected chi connectivity index (χ0v) is 33.4. The van der Waals surface area contributed by atoms with Gasteiger partial charge in [-0.1, -0.05) is 201 Å². The van der Waals surface area contributed by atoms with Crippen LogP contribution in [0.3, 0.4) is 0 Å². The quantitative estimate of drug-likeness (QED) is 0.162. The summed E-state index contributed by atoms with van der Waals surface area (Å²) < 4.78 is 0. The molecule has 0 unspecified atom stereocenters. The molecule has 0 N–H and O–H groups in total. The zero-order valence-electron chi connectivity index (χ0n) is 33.4. The van der Waals surface area contributed by atoms with E-state index in [4.69, 9.17) is 15.0 Å². The van der Waals surface area contributed by atoms with Crippen LogP contribution in [0.15, 0.2) is 200 Å². The second kappa shape index (κ2) is 15.2. The molecule has 60 heavy (non-hydrogen) atoms. The highest BCUT2D eigenvalue weighted by atomic mass is 15.0. The SMILES string of the molecule is c1ccc(-c2ccc(-c3nc(-c4ccc(-c5cccc(-c6ccc7c(c6)C6(CCCCC6)c6ccccc6-7)c5)cc4)nc(-c4cccc(-c5ccccc5)c4)n3)cc2)cc1. The minimum absolute atomic E-state index is 0.138. The fourth-order valence-electron chi connectivity index (χ4n) is 9.69. The van der Waals surface area contributed by atoms with Crippen molar-refractivity contribution < 1.29 is 0 Å². The van der Waals surface area contributed by atoms with Gasteiger partial charge in [-0.25, -0.2) is 15.0 Å². The molecule has 1 fully saturated rings. The smallest absolute Gasteiger partial charge is 0.164 e. The molecule has 1 aromatic heterocycles. The fraction of sp³-hybridized carbons (Fsp3) is 0.105. The van der Waals surface area contributed by atoms with Crippen molar-refractivity contribution in [1.82, 2.24) is 15.0 Å². The zero-order chi connectivity index (χ0) is 39.9. The summed E-state index contributed by atoms with van der Waals surface area (Å²) >= 11 is 0. The van der Waals surface area contributed by atoms with E-state index < -0.39 is 0 Å². The predicted octanol–water partition coefficient (Wildman–Crippen LogP) is 14.8. The maximum absolute atomic E-state index is 5.11. The number of hydrogen-bond acceptors (Lipinski definition) is 3. The van der Waals surface area contributed by atoms with E-state index in [0.717, 1.165) is 38.9 Å². The van der Waals surface area contributed by atoms with E-state index in [-0.39, 0.29) is 5.41 Å². The third kappa shape index (κ3) is 6.53. The highest BCUT2D eigenvalue weighted by molar-refractivity contribution is 5.85. The summed E-state index contributed by atoms with van der Waals surface area (Å²) in [6.45, 7) is 0. The van der Waals surface area contributed by atoms with Crippen molar-refractivity contribution in [3.05, 3.63) is 211 Å². The van der Waals surface area contributed by atoms with Crippen molar-refractivity contribution in [1.29, 1.82) is 0 Å². The van der Waals surface area contributed by atoms with Gasteiger partial charge in [0, 0.05) is 22.1 Å². The Bertz CT molecular complexity index is 2980. The van der Waals surface area contributed by atoms with Gasteiger partial charge < -0.3 is 0 Å². The van der Waals surface area contributed by atoms with Gasteiger partial charge >= 0.3 is 0 Å². The Morgan fingerprint density at radius 3 is 1.27 bits per heavy atom. The van der Waals surface area contributed by atoms with Crippen molar-refractivity contribution >= 4 is 0 Å². The number of rotatable bonds is 7. The molecule has 2 aliphatic rings. The van der Waals surface area contributed by atoms with Gasteiger partial charge in [-0.15, -0.1) is 0 Å². The topological polar surface area (TPSA) is 38.7 Å². The number of benzene rings is 8. The third-order valence-electron chi connectivity index (χ3n) is 12.8. The van der Waals surface area contributed by atoms with Crippen LogP contribution in [0.2, 0.25) is 0 Å². The van der Waals surface area contributed by atoms with Crippen LogP contribution in [-0.2, 0) is 5.41 Å². The van der Waals surface area contributed by atoms with Crippen LogP contribution < -0.4 is 0 Å². The Hall–Kier alpha value is -7.23. The van der Waals surface area contributed by atoms with Gasteiger partial charge in [0.2, 0.25) is 0 Å². The van der Waals surface area contributed by atoms with E-state index in [1.165, 1.54) is 76.6 Å². The van der Waals surface area contributed by atoms with E-state index in [0.29, 0.717) is 17.5 Å². The maximum atomic E-state index is 5.11. The minimum Gasteiger partial charge on any atom is -0.208 e. The first-order valence-electron chi connectivity index (χ1n) is 21.2. The van der Waals surface area contributed by atoms with Crippen LogP contribution in [0.1, 0.15) is 43.2 Å². The molecule has 1 saturated carbocycles. The first kappa shape index (κ1) is 35.9. The Labute approximate surface area is 352 Å². The molecule has 8 aromatic carbocycles.